The molecule has 0 radical (unpaired) electrons. The molecule has 0 bridgehead atoms. The molecule has 1 fully saturated rings. The van der Waals surface area contributed by atoms with Gasteiger partial charge in [0.15, 0.2) is 0 Å². The van der Waals surface area contributed by atoms with Crippen LogP contribution in [0.2, 0.25) is 0 Å². The van der Waals surface area contributed by atoms with E-state index in [4.69, 9.17) is 0 Å². The Kier molecular flexibility index (Phi) is 3.00. The Morgan fingerprint density at radius 2 is 2.50 bits per heavy atom. The average Bonchev–Trinajstić information content (AvgIpc) is 2.54. The number of thiophene rings is 1. The first-order valence-electron chi connectivity index (χ1n) is 4.63. The summed E-state index contributed by atoms with van der Waals surface area (Å²) in [5.41, 5.74) is 0. The van der Waals surface area contributed by atoms with Crippen LogP contribution in [0.15, 0.2) is 17.5 Å². The van der Waals surface area contributed by atoms with Crippen LogP contribution in [0, 0.1) is 5.92 Å². The van der Waals surface area contributed by atoms with Gasteiger partial charge in [0.2, 0.25) is 0 Å². The molecule has 2 heterocycles. The number of anilines is 1. The number of hydrogen-bond donors (Lipinski definition) is 3. The van der Waals surface area contributed by atoms with E-state index in [1.54, 1.807) is 0 Å². The van der Waals surface area contributed by atoms with Crippen molar-refractivity contribution in [3.63, 3.8) is 0 Å². The van der Waals surface area contributed by atoms with Gasteiger partial charge in [-0.2, -0.15) is 0 Å². The topological polar surface area (TPSA) is 53.2 Å². The fourth-order valence-corrected chi connectivity index (χ4v) is 1.85. The highest BCUT2D eigenvalue weighted by molar-refractivity contribution is 7.14. The third kappa shape index (κ3) is 2.46. The van der Waals surface area contributed by atoms with Gasteiger partial charge in [-0.1, -0.05) is 0 Å². The second-order valence-electron chi connectivity index (χ2n) is 3.34. The fraction of sp³-hybridized carbons (Fsp3) is 0.444. The Morgan fingerprint density at radius 3 is 3.07 bits per heavy atom. The Hall–Kier alpha value is -1.07. The monoisotopic (exact) mass is 211 g/mol. The quantitative estimate of drug-likeness (QED) is 0.701. The lowest BCUT2D eigenvalue weighted by atomic mass is 10.0. The second-order valence-corrected chi connectivity index (χ2v) is 4.28. The summed E-state index contributed by atoms with van der Waals surface area (Å²) >= 11 is 1.52. The summed E-state index contributed by atoms with van der Waals surface area (Å²) < 4.78 is 0. The van der Waals surface area contributed by atoms with Gasteiger partial charge in [-0.3, -0.25) is 5.32 Å². The molecule has 1 aromatic rings. The summed E-state index contributed by atoms with van der Waals surface area (Å²) in [4.78, 5) is 11.3. The minimum atomic E-state index is -0.112. The standard InChI is InChI=1S/C9H13N3OS/c13-9(11-6-7-4-10-5-7)12-8-2-1-3-14-8/h1-3,7,10H,4-6H2,(H2,11,12,13). The molecule has 3 N–H and O–H groups in total. The molecule has 1 saturated heterocycles. The Labute approximate surface area is 86.7 Å². The molecule has 0 unspecified atom stereocenters. The van der Waals surface area contributed by atoms with Crippen LogP contribution < -0.4 is 16.0 Å². The predicted octanol–water partition coefficient (Wildman–Crippen LogP) is 1.09. The number of rotatable bonds is 3. The Morgan fingerprint density at radius 1 is 1.64 bits per heavy atom. The van der Waals surface area contributed by atoms with E-state index >= 15 is 0 Å². The SMILES string of the molecule is O=C(NCC1CNC1)Nc1cccs1. The molecule has 5 heteroatoms. The van der Waals surface area contributed by atoms with Crippen LogP contribution >= 0.6 is 11.3 Å². The highest BCUT2D eigenvalue weighted by Gasteiger charge is 2.16. The van der Waals surface area contributed by atoms with Gasteiger partial charge in [-0.25, -0.2) is 4.79 Å². The molecule has 76 valence electrons. The molecular weight excluding hydrogens is 198 g/mol. The van der Waals surface area contributed by atoms with E-state index in [9.17, 15) is 4.79 Å². The van der Waals surface area contributed by atoms with Crippen LogP contribution in [0.3, 0.4) is 0 Å². The van der Waals surface area contributed by atoms with Crippen molar-refractivity contribution in [2.45, 2.75) is 0 Å². The van der Waals surface area contributed by atoms with Crippen LogP contribution in [-0.2, 0) is 0 Å². The highest BCUT2D eigenvalue weighted by Crippen LogP contribution is 2.14. The molecule has 1 aromatic heterocycles. The summed E-state index contributed by atoms with van der Waals surface area (Å²) in [5, 5.41) is 11.6. The lowest BCUT2D eigenvalue weighted by Crippen LogP contribution is -2.48. The van der Waals surface area contributed by atoms with Gasteiger partial charge in [0.25, 0.3) is 0 Å². The largest absolute Gasteiger partial charge is 0.337 e. The molecule has 2 rings (SSSR count). The number of hydrogen-bond acceptors (Lipinski definition) is 3. The van der Waals surface area contributed by atoms with E-state index in [1.807, 2.05) is 17.5 Å². The smallest absolute Gasteiger partial charge is 0.319 e. The minimum Gasteiger partial charge on any atom is -0.337 e. The number of carbonyl (C=O) groups excluding carboxylic acids is 1. The van der Waals surface area contributed by atoms with Crippen molar-refractivity contribution >= 4 is 22.4 Å². The van der Waals surface area contributed by atoms with Gasteiger partial charge in [0, 0.05) is 25.6 Å². The molecule has 2 amide bonds. The number of nitrogens with one attached hydrogen (secondary N) is 3. The van der Waals surface area contributed by atoms with E-state index in [2.05, 4.69) is 16.0 Å². The summed E-state index contributed by atoms with van der Waals surface area (Å²) in [6, 6.07) is 3.69. The number of amides is 2. The lowest BCUT2D eigenvalue weighted by Gasteiger charge is -2.26. The molecule has 4 nitrogen and oxygen atoms in total. The van der Waals surface area contributed by atoms with Crippen molar-refractivity contribution < 1.29 is 4.79 Å². The van der Waals surface area contributed by atoms with Gasteiger partial charge in [0.1, 0.15) is 0 Å². The van der Waals surface area contributed by atoms with Gasteiger partial charge >= 0.3 is 6.03 Å². The zero-order valence-electron chi connectivity index (χ0n) is 7.75. The molecular formula is C9H13N3OS. The maximum atomic E-state index is 11.3. The first kappa shape index (κ1) is 9.48. The maximum absolute atomic E-state index is 11.3. The summed E-state index contributed by atoms with van der Waals surface area (Å²) in [7, 11) is 0. The molecule has 0 spiro atoms. The van der Waals surface area contributed by atoms with E-state index in [0.717, 1.165) is 24.6 Å². The number of urea groups is 1. The minimum absolute atomic E-state index is 0.112. The molecule has 0 atom stereocenters. The van der Waals surface area contributed by atoms with Crippen LogP contribution in [0.1, 0.15) is 0 Å². The first-order chi connectivity index (χ1) is 6.84. The predicted molar refractivity (Wildman–Crippen MR) is 57.7 cm³/mol. The first-order valence-corrected chi connectivity index (χ1v) is 5.51. The van der Waals surface area contributed by atoms with Gasteiger partial charge in [-0.05, 0) is 17.5 Å². The van der Waals surface area contributed by atoms with Crippen molar-refractivity contribution in [2.24, 2.45) is 5.92 Å². The summed E-state index contributed by atoms with van der Waals surface area (Å²) in [6.45, 7) is 2.78. The van der Waals surface area contributed by atoms with E-state index < -0.39 is 0 Å². The highest BCUT2D eigenvalue weighted by atomic mass is 32.1. The van der Waals surface area contributed by atoms with Crippen molar-refractivity contribution in [1.29, 1.82) is 0 Å². The van der Waals surface area contributed by atoms with Crippen LogP contribution in [0.4, 0.5) is 9.80 Å². The third-order valence-electron chi connectivity index (χ3n) is 2.18. The van der Waals surface area contributed by atoms with Crippen molar-refractivity contribution in [1.82, 2.24) is 10.6 Å². The van der Waals surface area contributed by atoms with Gasteiger partial charge < -0.3 is 10.6 Å². The summed E-state index contributed by atoms with van der Waals surface area (Å²) in [6.07, 6.45) is 0. The van der Waals surface area contributed by atoms with Crippen molar-refractivity contribution in [3.05, 3.63) is 17.5 Å². The van der Waals surface area contributed by atoms with Crippen LogP contribution in [0.25, 0.3) is 0 Å². The van der Waals surface area contributed by atoms with Gasteiger partial charge in [0.05, 0.1) is 5.00 Å². The van der Waals surface area contributed by atoms with Crippen LogP contribution in [0.5, 0.6) is 0 Å². The molecule has 0 aliphatic carbocycles. The second kappa shape index (κ2) is 4.43. The molecule has 0 aromatic carbocycles. The van der Waals surface area contributed by atoms with E-state index in [0.29, 0.717) is 5.92 Å². The lowest BCUT2D eigenvalue weighted by molar-refractivity contribution is 0.246. The fourth-order valence-electron chi connectivity index (χ4n) is 1.24. The zero-order valence-corrected chi connectivity index (χ0v) is 8.56. The van der Waals surface area contributed by atoms with E-state index in [-0.39, 0.29) is 6.03 Å². The third-order valence-corrected chi connectivity index (χ3v) is 2.96. The Bertz CT molecular complexity index is 295. The average molecular weight is 211 g/mol. The van der Waals surface area contributed by atoms with E-state index in [1.165, 1.54) is 11.3 Å². The molecule has 1 aliphatic heterocycles. The number of carbonyl (C=O) groups is 1. The maximum Gasteiger partial charge on any atom is 0.319 e. The van der Waals surface area contributed by atoms with Crippen molar-refractivity contribution in [2.75, 3.05) is 25.0 Å². The molecule has 0 saturated carbocycles. The summed E-state index contributed by atoms with van der Waals surface area (Å²) in [5.74, 6) is 0.601. The zero-order chi connectivity index (χ0) is 9.80. The normalized spacial score (nSPS) is 16.0. The van der Waals surface area contributed by atoms with Crippen LogP contribution in [-0.4, -0.2) is 25.7 Å². The van der Waals surface area contributed by atoms with Crippen molar-refractivity contribution in [3.8, 4) is 0 Å². The Balaban J connectivity index is 1.68. The molecule has 1 aliphatic rings. The molecule has 14 heavy (non-hydrogen) atoms. The van der Waals surface area contributed by atoms with Gasteiger partial charge in [-0.15, -0.1) is 11.3 Å².